The summed E-state index contributed by atoms with van der Waals surface area (Å²) in [7, 11) is 0. The third-order valence-corrected chi connectivity index (χ3v) is 3.32. The zero-order valence-electron chi connectivity index (χ0n) is 11.7. The lowest BCUT2D eigenvalue weighted by atomic mass is 10.1. The van der Waals surface area contributed by atoms with Gasteiger partial charge < -0.3 is 5.32 Å². The van der Waals surface area contributed by atoms with Gasteiger partial charge in [0.05, 0.1) is 10.7 Å². The molecule has 2 aromatic heterocycles. The first-order valence-electron chi connectivity index (χ1n) is 6.38. The minimum Gasteiger partial charge on any atom is -0.310 e. The van der Waals surface area contributed by atoms with Crippen LogP contribution in [0.4, 0.5) is 0 Å². The molecule has 2 rings (SSSR count). The largest absolute Gasteiger partial charge is 0.310 e. The lowest BCUT2D eigenvalue weighted by molar-refractivity contribution is 0.583. The highest BCUT2D eigenvalue weighted by Gasteiger charge is 2.12. The number of nitrogens with one attached hydrogen (secondary N) is 1. The maximum absolute atomic E-state index is 4.64. The molecule has 0 saturated carbocycles. The predicted octanol–water partition coefficient (Wildman–Crippen LogP) is 3.14. The van der Waals surface area contributed by atoms with Crippen LogP contribution in [0.1, 0.15) is 30.7 Å². The molecule has 0 bridgehead atoms. The van der Waals surface area contributed by atoms with E-state index in [0.29, 0.717) is 6.04 Å². The first-order valence-corrected chi connectivity index (χ1v) is 7.17. The topological polar surface area (TPSA) is 42.7 Å². The molecular weight excluding hydrogens is 304 g/mol. The Kier molecular flexibility index (Phi) is 4.37. The van der Waals surface area contributed by atoms with Crippen molar-refractivity contribution in [2.45, 2.75) is 40.3 Å². The minimum atomic E-state index is 0.443. The lowest BCUT2D eigenvalue weighted by Crippen LogP contribution is -2.24. The van der Waals surface area contributed by atoms with Crippen LogP contribution in [0.2, 0.25) is 0 Å². The standard InChI is InChI=1S/C14H19BrN4/c1-9(2)16-7-13-10(3)5-11(4)18-14(13)19-8-12(15)6-17-19/h5-6,8-9,16H,7H2,1-4H3. The molecule has 0 saturated heterocycles. The molecule has 0 aliphatic rings. The van der Waals surface area contributed by atoms with E-state index >= 15 is 0 Å². The number of aromatic nitrogens is 3. The van der Waals surface area contributed by atoms with Crippen molar-refractivity contribution >= 4 is 15.9 Å². The molecule has 0 unspecified atom stereocenters. The van der Waals surface area contributed by atoms with Crippen LogP contribution in [0.3, 0.4) is 0 Å². The molecule has 1 N–H and O–H groups in total. The van der Waals surface area contributed by atoms with Crippen molar-refractivity contribution in [2.24, 2.45) is 0 Å². The van der Waals surface area contributed by atoms with E-state index in [2.05, 4.69) is 58.2 Å². The first kappa shape index (κ1) is 14.2. The Hall–Kier alpha value is -1.20. The summed E-state index contributed by atoms with van der Waals surface area (Å²) in [5.41, 5.74) is 3.43. The predicted molar refractivity (Wildman–Crippen MR) is 80.5 cm³/mol. The van der Waals surface area contributed by atoms with Crippen molar-refractivity contribution in [3.63, 3.8) is 0 Å². The van der Waals surface area contributed by atoms with E-state index < -0.39 is 0 Å². The average Bonchev–Trinajstić information content (AvgIpc) is 2.73. The van der Waals surface area contributed by atoms with Gasteiger partial charge in [0.15, 0.2) is 5.82 Å². The second-order valence-corrected chi connectivity index (χ2v) is 5.94. The molecule has 19 heavy (non-hydrogen) atoms. The molecule has 0 fully saturated rings. The monoisotopic (exact) mass is 322 g/mol. The van der Waals surface area contributed by atoms with Crippen LogP contribution >= 0.6 is 15.9 Å². The fourth-order valence-corrected chi connectivity index (χ4v) is 2.26. The maximum Gasteiger partial charge on any atom is 0.158 e. The van der Waals surface area contributed by atoms with Gasteiger partial charge >= 0.3 is 0 Å². The number of pyridine rings is 1. The van der Waals surface area contributed by atoms with Gasteiger partial charge in [-0.15, -0.1) is 0 Å². The lowest BCUT2D eigenvalue weighted by Gasteiger charge is -2.15. The molecule has 2 aromatic rings. The van der Waals surface area contributed by atoms with Crippen LogP contribution in [-0.2, 0) is 6.54 Å². The quantitative estimate of drug-likeness (QED) is 0.940. The Morgan fingerprint density at radius 3 is 2.68 bits per heavy atom. The van der Waals surface area contributed by atoms with E-state index in [4.69, 9.17) is 0 Å². The van der Waals surface area contributed by atoms with Crippen LogP contribution in [0, 0.1) is 13.8 Å². The van der Waals surface area contributed by atoms with Crippen molar-refractivity contribution in [1.82, 2.24) is 20.1 Å². The van der Waals surface area contributed by atoms with Gasteiger partial charge in [-0.3, -0.25) is 0 Å². The fraction of sp³-hybridized carbons (Fsp3) is 0.429. The zero-order chi connectivity index (χ0) is 14.0. The highest BCUT2D eigenvalue weighted by molar-refractivity contribution is 9.10. The molecule has 0 amide bonds. The Morgan fingerprint density at radius 2 is 2.11 bits per heavy atom. The van der Waals surface area contributed by atoms with Gasteiger partial charge in [-0.1, -0.05) is 13.8 Å². The second-order valence-electron chi connectivity index (χ2n) is 5.02. The first-order chi connectivity index (χ1) is 8.97. The van der Waals surface area contributed by atoms with E-state index in [1.54, 1.807) is 6.20 Å². The Morgan fingerprint density at radius 1 is 1.37 bits per heavy atom. The number of aryl methyl sites for hydroxylation is 2. The summed E-state index contributed by atoms with van der Waals surface area (Å²) in [5.74, 6) is 0.899. The average molecular weight is 323 g/mol. The van der Waals surface area contributed by atoms with Crippen LogP contribution in [-0.4, -0.2) is 20.8 Å². The van der Waals surface area contributed by atoms with Crippen molar-refractivity contribution in [3.05, 3.63) is 39.8 Å². The molecule has 4 nitrogen and oxygen atoms in total. The minimum absolute atomic E-state index is 0.443. The number of nitrogens with zero attached hydrogens (tertiary/aromatic N) is 3. The van der Waals surface area contributed by atoms with Crippen LogP contribution in [0.5, 0.6) is 0 Å². The molecule has 0 atom stereocenters. The van der Waals surface area contributed by atoms with Crippen molar-refractivity contribution in [3.8, 4) is 5.82 Å². The van der Waals surface area contributed by atoms with Crippen molar-refractivity contribution < 1.29 is 0 Å². The number of hydrogen-bond donors (Lipinski definition) is 1. The van der Waals surface area contributed by atoms with E-state index in [0.717, 1.165) is 22.5 Å². The fourth-order valence-electron chi connectivity index (χ4n) is 1.97. The van der Waals surface area contributed by atoms with Crippen LogP contribution < -0.4 is 5.32 Å². The third-order valence-electron chi connectivity index (χ3n) is 2.91. The van der Waals surface area contributed by atoms with Crippen LogP contribution in [0.15, 0.2) is 22.9 Å². The van der Waals surface area contributed by atoms with E-state index in [1.165, 1.54) is 11.1 Å². The number of rotatable bonds is 4. The van der Waals surface area contributed by atoms with Gasteiger partial charge in [0.25, 0.3) is 0 Å². The molecule has 0 spiro atoms. The molecular formula is C14H19BrN4. The van der Waals surface area contributed by atoms with E-state index in [9.17, 15) is 0 Å². The van der Waals surface area contributed by atoms with Crippen molar-refractivity contribution in [2.75, 3.05) is 0 Å². The second kappa shape index (κ2) is 5.84. The molecule has 0 radical (unpaired) electrons. The van der Waals surface area contributed by atoms with Crippen LogP contribution in [0.25, 0.3) is 5.82 Å². The maximum atomic E-state index is 4.64. The van der Waals surface area contributed by atoms with Crippen molar-refractivity contribution in [1.29, 1.82) is 0 Å². The van der Waals surface area contributed by atoms with E-state index in [-0.39, 0.29) is 0 Å². The highest BCUT2D eigenvalue weighted by atomic mass is 79.9. The summed E-state index contributed by atoms with van der Waals surface area (Å²) in [6, 6.07) is 2.55. The third kappa shape index (κ3) is 3.42. The number of hydrogen-bond acceptors (Lipinski definition) is 3. The molecule has 102 valence electrons. The van der Waals surface area contributed by atoms with Gasteiger partial charge in [-0.05, 0) is 41.4 Å². The van der Waals surface area contributed by atoms with Gasteiger partial charge in [0.2, 0.25) is 0 Å². The summed E-state index contributed by atoms with van der Waals surface area (Å²) in [4.78, 5) is 4.64. The molecule has 0 aliphatic heterocycles. The van der Waals surface area contributed by atoms with Gasteiger partial charge in [-0.25, -0.2) is 9.67 Å². The Labute approximate surface area is 122 Å². The molecule has 2 heterocycles. The van der Waals surface area contributed by atoms with E-state index in [1.807, 2.05) is 17.8 Å². The Bertz CT molecular complexity index is 575. The Balaban J connectivity index is 2.45. The zero-order valence-corrected chi connectivity index (χ0v) is 13.3. The summed E-state index contributed by atoms with van der Waals surface area (Å²) >= 11 is 3.43. The molecule has 5 heteroatoms. The van der Waals surface area contributed by atoms with Gasteiger partial charge in [-0.2, -0.15) is 5.10 Å². The molecule has 0 aromatic carbocycles. The highest BCUT2D eigenvalue weighted by Crippen LogP contribution is 2.19. The number of halogens is 1. The summed E-state index contributed by atoms with van der Waals surface area (Å²) in [6.07, 6.45) is 3.71. The molecule has 0 aliphatic carbocycles. The summed E-state index contributed by atoms with van der Waals surface area (Å²) in [6.45, 7) is 9.20. The summed E-state index contributed by atoms with van der Waals surface area (Å²) < 4.78 is 2.78. The van der Waals surface area contributed by atoms with Gasteiger partial charge in [0, 0.05) is 30.0 Å². The summed E-state index contributed by atoms with van der Waals surface area (Å²) in [5, 5.41) is 7.78. The smallest absolute Gasteiger partial charge is 0.158 e. The SMILES string of the molecule is Cc1cc(C)c(CNC(C)C)c(-n2cc(Br)cn2)n1. The van der Waals surface area contributed by atoms with Gasteiger partial charge in [0.1, 0.15) is 0 Å². The normalized spacial score (nSPS) is 11.3.